The number of ether oxygens (including phenoxy) is 4. The lowest BCUT2D eigenvalue weighted by molar-refractivity contribution is -0.137. The third-order valence-corrected chi connectivity index (χ3v) is 6.89. The molecule has 204 valence electrons. The van der Waals surface area contributed by atoms with Gasteiger partial charge in [-0.25, -0.2) is 5.01 Å². The monoisotopic (exact) mass is 550 g/mol. The lowest BCUT2D eigenvalue weighted by atomic mass is 9.89. The van der Waals surface area contributed by atoms with Crippen molar-refractivity contribution >= 4 is 22.9 Å². The van der Waals surface area contributed by atoms with Crippen LogP contribution < -0.4 is 18.9 Å². The summed E-state index contributed by atoms with van der Waals surface area (Å²) in [5.41, 5.74) is 1.34. The van der Waals surface area contributed by atoms with E-state index in [1.165, 1.54) is 32.6 Å². The molecule has 0 saturated carbocycles. The Hall–Kier alpha value is -4.93. The molecule has 2 heterocycles. The fourth-order valence-electron chi connectivity index (χ4n) is 4.93. The number of phenols is 1. The Balaban J connectivity index is 1.49. The van der Waals surface area contributed by atoms with Crippen LogP contribution in [0.1, 0.15) is 27.0 Å². The fraction of sp³-hybridized carbons (Fsp3) is 0.172. The van der Waals surface area contributed by atoms with Crippen molar-refractivity contribution in [3.8, 4) is 39.9 Å². The number of rotatable bonds is 5. The van der Waals surface area contributed by atoms with E-state index >= 15 is 0 Å². The van der Waals surface area contributed by atoms with E-state index in [1.807, 2.05) is 0 Å². The molecule has 40 heavy (non-hydrogen) atoms. The molecule has 4 aromatic carbocycles. The maximum atomic E-state index is 13.7. The van der Waals surface area contributed by atoms with Crippen molar-refractivity contribution in [1.29, 1.82) is 0 Å². The molecular formula is C29H21F3N2O6. The first-order chi connectivity index (χ1) is 19.2. The van der Waals surface area contributed by atoms with Gasteiger partial charge in [0, 0.05) is 16.5 Å². The van der Waals surface area contributed by atoms with E-state index in [0.717, 1.165) is 17.1 Å². The van der Waals surface area contributed by atoms with Crippen LogP contribution in [0.5, 0.6) is 28.7 Å². The van der Waals surface area contributed by atoms with Gasteiger partial charge < -0.3 is 24.1 Å². The molecule has 2 aliphatic heterocycles. The molecule has 0 saturated heterocycles. The van der Waals surface area contributed by atoms with Crippen LogP contribution in [0, 0.1) is 0 Å². The molecule has 0 aromatic heterocycles. The van der Waals surface area contributed by atoms with Crippen molar-refractivity contribution in [3.05, 3.63) is 76.9 Å². The molecule has 0 fully saturated rings. The van der Waals surface area contributed by atoms with Gasteiger partial charge in [0.1, 0.15) is 5.75 Å². The first-order valence-electron chi connectivity index (χ1n) is 12.1. The highest BCUT2D eigenvalue weighted by Crippen LogP contribution is 2.49. The number of amides is 1. The van der Waals surface area contributed by atoms with Gasteiger partial charge in [0.2, 0.25) is 6.79 Å². The number of alkyl halides is 3. The molecule has 0 bridgehead atoms. The normalized spacial score (nSPS) is 14.3. The zero-order valence-corrected chi connectivity index (χ0v) is 21.2. The minimum absolute atomic E-state index is 0.0566. The molecule has 0 spiro atoms. The molecule has 0 radical (unpaired) electrons. The summed E-state index contributed by atoms with van der Waals surface area (Å²) in [6.07, 6.45) is -3.16. The lowest BCUT2D eigenvalue weighted by Crippen LogP contribution is -2.18. The number of carbonyl (C=O) groups is 1. The number of hydrogen-bond acceptors (Lipinski definition) is 7. The van der Waals surface area contributed by atoms with Crippen LogP contribution >= 0.6 is 0 Å². The summed E-state index contributed by atoms with van der Waals surface area (Å²) in [5, 5.41) is 17.7. The standard InChI is InChI=1S/C29H21F3N2O6/c1-37-22-10-18-19(11-23(22)38-2)27(35)20-13-34(33-12-15-3-6-17(7-4-15)29(30,31)32)28(36)26(20)25(18)16-5-8-21-24(9-16)40-14-39-21/h3-12,35H,13-14H2,1-2H3/b33-12+. The molecule has 6 rings (SSSR count). The summed E-state index contributed by atoms with van der Waals surface area (Å²) < 4.78 is 60.7. The zero-order chi connectivity index (χ0) is 28.2. The number of carbonyl (C=O) groups excluding carboxylic acids is 1. The predicted molar refractivity (Wildman–Crippen MR) is 139 cm³/mol. The second kappa shape index (κ2) is 9.37. The molecule has 1 amide bonds. The van der Waals surface area contributed by atoms with E-state index in [4.69, 9.17) is 18.9 Å². The number of fused-ring (bicyclic) bond motifs is 3. The van der Waals surface area contributed by atoms with Crippen LogP contribution in [0.15, 0.2) is 59.7 Å². The average Bonchev–Trinajstić information content (AvgIpc) is 3.55. The van der Waals surface area contributed by atoms with Gasteiger partial charge in [0.25, 0.3) is 5.91 Å². The van der Waals surface area contributed by atoms with Gasteiger partial charge in [0.15, 0.2) is 23.0 Å². The number of hydrogen-bond donors (Lipinski definition) is 1. The highest BCUT2D eigenvalue weighted by atomic mass is 19.4. The molecule has 11 heteroatoms. The minimum atomic E-state index is -4.46. The van der Waals surface area contributed by atoms with Crippen molar-refractivity contribution in [1.82, 2.24) is 5.01 Å². The highest BCUT2D eigenvalue weighted by Gasteiger charge is 2.36. The maximum absolute atomic E-state index is 13.7. The van der Waals surface area contributed by atoms with Crippen LogP contribution in [-0.4, -0.2) is 43.2 Å². The maximum Gasteiger partial charge on any atom is 0.416 e. The average molecular weight is 550 g/mol. The number of halogens is 3. The molecular weight excluding hydrogens is 529 g/mol. The van der Waals surface area contributed by atoms with Gasteiger partial charge in [-0.3, -0.25) is 4.79 Å². The van der Waals surface area contributed by atoms with Crippen LogP contribution in [-0.2, 0) is 12.7 Å². The first-order valence-corrected chi connectivity index (χ1v) is 12.1. The topological polar surface area (TPSA) is 89.8 Å². The molecule has 8 nitrogen and oxygen atoms in total. The Morgan fingerprint density at radius 3 is 2.27 bits per heavy atom. The van der Waals surface area contributed by atoms with E-state index in [-0.39, 0.29) is 24.7 Å². The fourth-order valence-corrected chi connectivity index (χ4v) is 4.93. The van der Waals surface area contributed by atoms with E-state index in [9.17, 15) is 23.1 Å². The van der Waals surface area contributed by atoms with Crippen LogP contribution in [0.3, 0.4) is 0 Å². The Labute approximate surface area is 225 Å². The largest absolute Gasteiger partial charge is 0.507 e. The van der Waals surface area contributed by atoms with Crippen molar-refractivity contribution in [2.24, 2.45) is 5.10 Å². The van der Waals surface area contributed by atoms with E-state index in [0.29, 0.717) is 56.0 Å². The highest BCUT2D eigenvalue weighted by molar-refractivity contribution is 6.15. The number of aromatic hydroxyl groups is 1. The van der Waals surface area contributed by atoms with Crippen molar-refractivity contribution in [2.45, 2.75) is 12.7 Å². The molecule has 1 N–H and O–H groups in total. The van der Waals surface area contributed by atoms with Crippen molar-refractivity contribution in [2.75, 3.05) is 21.0 Å². The quantitative estimate of drug-likeness (QED) is 0.308. The molecule has 0 unspecified atom stereocenters. The van der Waals surface area contributed by atoms with Crippen LogP contribution in [0.25, 0.3) is 21.9 Å². The third-order valence-electron chi connectivity index (χ3n) is 6.89. The van der Waals surface area contributed by atoms with E-state index in [2.05, 4.69) is 5.10 Å². The number of benzene rings is 4. The summed E-state index contributed by atoms with van der Waals surface area (Å²) in [5.74, 6) is 1.27. The van der Waals surface area contributed by atoms with Crippen LogP contribution in [0.2, 0.25) is 0 Å². The van der Waals surface area contributed by atoms with Gasteiger partial charge in [-0.1, -0.05) is 18.2 Å². The van der Waals surface area contributed by atoms with Gasteiger partial charge >= 0.3 is 6.18 Å². The first kappa shape index (κ1) is 25.4. The van der Waals surface area contributed by atoms with Crippen molar-refractivity contribution < 1.29 is 42.0 Å². The van der Waals surface area contributed by atoms with Crippen LogP contribution in [0.4, 0.5) is 13.2 Å². The summed E-state index contributed by atoms with van der Waals surface area (Å²) in [6, 6.07) is 13.0. The molecule has 0 aliphatic carbocycles. The smallest absolute Gasteiger partial charge is 0.416 e. The van der Waals surface area contributed by atoms with Gasteiger partial charge in [0.05, 0.1) is 38.1 Å². The number of phenolic OH excluding ortho intramolecular Hbond substituents is 1. The SMILES string of the molecule is COc1cc2c(O)c3c(c(-c4ccc5c(c4)OCO5)c2cc1OC)C(=O)N(/N=C/c1ccc(C(F)(F)F)cc1)C3. The van der Waals surface area contributed by atoms with Gasteiger partial charge in [-0.15, -0.1) is 0 Å². The van der Waals surface area contributed by atoms with Crippen molar-refractivity contribution in [3.63, 3.8) is 0 Å². The third kappa shape index (κ3) is 4.10. The summed E-state index contributed by atoms with van der Waals surface area (Å²) in [7, 11) is 2.97. The number of methoxy groups -OCH3 is 2. The number of nitrogens with zero attached hydrogens (tertiary/aromatic N) is 2. The molecule has 4 aromatic rings. The Morgan fingerprint density at radius 1 is 0.925 bits per heavy atom. The second-order valence-electron chi connectivity index (χ2n) is 9.13. The lowest BCUT2D eigenvalue weighted by Gasteiger charge is -2.17. The minimum Gasteiger partial charge on any atom is -0.507 e. The molecule has 0 atom stereocenters. The summed E-state index contributed by atoms with van der Waals surface area (Å²) in [6.45, 7) is 0.0165. The second-order valence-corrected chi connectivity index (χ2v) is 9.13. The van der Waals surface area contributed by atoms with E-state index < -0.39 is 17.6 Å². The predicted octanol–water partition coefficient (Wildman–Crippen LogP) is 5.97. The summed E-state index contributed by atoms with van der Waals surface area (Å²) in [4.78, 5) is 13.7. The van der Waals surface area contributed by atoms with E-state index in [1.54, 1.807) is 30.3 Å². The summed E-state index contributed by atoms with van der Waals surface area (Å²) >= 11 is 0. The zero-order valence-electron chi connectivity index (χ0n) is 21.2. The Bertz CT molecular complexity index is 1700. The van der Waals surface area contributed by atoms with Gasteiger partial charge in [-0.2, -0.15) is 18.3 Å². The van der Waals surface area contributed by atoms with Gasteiger partial charge in [-0.05, 0) is 52.9 Å². The Kier molecular flexibility index (Phi) is 5.94. The Morgan fingerprint density at radius 2 is 1.60 bits per heavy atom. The molecule has 2 aliphatic rings. The number of hydrazone groups is 1.